The number of amidine groups is 1. The van der Waals surface area contributed by atoms with Crippen molar-refractivity contribution in [1.82, 2.24) is 10.6 Å². The molecule has 2 amide bonds. The Bertz CT molecular complexity index is 675. The number of aliphatic imine (C=N–C) groups is 1. The van der Waals surface area contributed by atoms with Crippen LogP contribution in [0.5, 0.6) is 5.75 Å². The van der Waals surface area contributed by atoms with Gasteiger partial charge in [-0.2, -0.15) is 0 Å². The first-order valence-corrected chi connectivity index (χ1v) is 8.54. The lowest BCUT2D eigenvalue weighted by atomic mass is 10.2. The highest BCUT2D eigenvalue weighted by Gasteiger charge is 2.32. The van der Waals surface area contributed by atoms with E-state index in [1.807, 2.05) is 0 Å². The van der Waals surface area contributed by atoms with Gasteiger partial charge in [-0.25, -0.2) is 4.99 Å². The van der Waals surface area contributed by atoms with E-state index in [1.54, 1.807) is 31.4 Å². The monoisotopic (exact) mass is 365 g/mol. The minimum Gasteiger partial charge on any atom is -0.497 e. The summed E-state index contributed by atoms with van der Waals surface area (Å²) in [5, 5.41) is 13.7. The van der Waals surface area contributed by atoms with Crippen LogP contribution in [0.1, 0.15) is 19.3 Å². The predicted octanol–water partition coefficient (Wildman–Crippen LogP) is 1.29. The molecule has 8 nitrogen and oxygen atoms in total. The summed E-state index contributed by atoms with van der Waals surface area (Å²) in [4.78, 5) is 38.5. The number of hydrogen-bond donors (Lipinski definition) is 3. The Labute approximate surface area is 149 Å². The minimum absolute atomic E-state index is 0.00237. The van der Waals surface area contributed by atoms with Gasteiger partial charge >= 0.3 is 5.97 Å². The van der Waals surface area contributed by atoms with E-state index in [4.69, 9.17) is 9.84 Å². The van der Waals surface area contributed by atoms with Gasteiger partial charge in [0.25, 0.3) is 0 Å². The van der Waals surface area contributed by atoms with Crippen molar-refractivity contribution in [3.63, 3.8) is 0 Å². The number of amides is 2. The number of hydrogen-bond acceptors (Lipinski definition) is 6. The summed E-state index contributed by atoms with van der Waals surface area (Å²) in [5.41, 5.74) is 0.669. The smallest absolute Gasteiger partial charge is 0.303 e. The van der Waals surface area contributed by atoms with Gasteiger partial charge in [-0.15, -0.1) is 0 Å². The first-order valence-electron chi connectivity index (χ1n) is 7.66. The highest BCUT2D eigenvalue weighted by atomic mass is 32.2. The number of carboxylic acid groups (broad SMARTS) is 1. The van der Waals surface area contributed by atoms with E-state index in [9.17, 15) is 14.4 Å². The average Bonchev–Trinajstić information content (AvgIpc) is 2.91. The number of benzene rings is 1. The van der Waals surface area contributed by atoms with Crippen LogP contribution in [-0.2, 0) is 14.4 Å². The third-order valence-electron chi connectivity index (χ3n) is 3.34. The molecule has 1 fully saturated rings. The molecular formula is C16H19N3O5S. The maximum Gasteiger partial charge on any atom is 0.303 e. The molecule has 0 bridgehead atoms. The lowest BCUT2D eigenvalue weighted by Gasteiger charge is -2.06. The fourth-order valence-electron chi connectivity index (χ4n) is 2.07. The molecule has 0 radical (unpaired) electrons. The molecule has 0 aliphatic carbocycles. The summed E-state index contributed by atoms with van der Waals surface area (Å²) >= 11 is 1.20. The molecule has 25 heavy (non-hydrogen) atoms. The molecule has 1 atom stereocenters. The lowest BCUT2D eigenvalue weighted by Crippen LogP contribution is -2.31. The second kappa shape index (κ2) is 9.07. The Morgan fingerprint density at radius 3 is 2.72 bits per heavy atom. The Kier molecular flexibility index (Phi) is 6.81. The largest absolute Gasteiger partial charge is 0.497 e. The highest BCUT2D eigenvalue weighted by molar-refractivity contribution is 8.15. The lowest BCUT2D eigenvalue weighted by molar-refractivity contribution is -0.137. The fourth-order valence-corrected chi connectivity index (χ4v) is 3.06. The quantitative estimate of drug-likeness (QED) is 0.598. The second-order valence-corrected chi connectivity index (χ2v) is 6.45. The minimum atomic E-state index is -0.903. The average molecular weight is 365 g/mol. The third kappa shape index (κ3) is 6.11. The number of carboxylic acids is 1. The summed E-state index contributed by atoms with van der Waals surface area (Å²) in [6.45, 7) is 0.275. The van der Waals surface area contributed by atoms with Crippen LogP contribution in [-0.4, -0.2) is 47.0 Å². The van der Waals surface area contributed by atoms with Crippen molar-refractivity contribution in [2.75, 3.05) is 13.7 Å². The van der Waals surface area contributed by atoms with E-state index in [0.717, 1.165) is 0 Å². The fraction of sp³-hybridized carbons (Fsp3) is 0.375. The first kappa shape index (κ1) is 18.8. The summed E-state index contributed by atoms with van der Waals surface area (Å²) in [6.07, 6.45) is 0.373. The summed E-state index contributed by atoms with van der Waals surface area (Å²) in [5.74, 6) is -0.745. The number of aliphatic carboxylic acids is 1. The number of carbonyl (C=O) groups is 3. The summed E-state index contributed by atoms with van der Waals surface area (Å²) < 4.78 is 5.07. The number of methoxy groups -OCH3 is 1. The topological polar surface area (TPSA) is 117 Å². The van der Waals surface area contributed by atoms with Crippen LogP contribution in [0.4, 0.5) is 5.69 Å². The Morgan fingerprint density at radius 1 is 1.36 bits per heavy atom. The van der Waals surface area contributed by atoms with Gasteiger partial charge in [-0.3, -0.25) is 14.4 Å². The van der Waals surface area contributed by atoms with Crippen LogP contribution in [0, 0.1) is 0 Å². The van der Waals surface area contributed by atoms with E-state index in [-0.39, 0.29) is 31.2 Å². The van der Waals surface area contributed by atoms with Crippen LogP contribution in [0.15, 0.2) is 29.3 Å². The maximum absolute atomic E-state index is 11.9. The van der Waals surface area contributed by atoms with Crippen molar-refractivity contribution >= 4 is 40.4 Å². The van der Waals surface area contributed by atoms with Gasteiger partial charge in [0, 0.05) is 19.4 Å². The van der Waals surface area contributed by atoms with Gasteiger partial charge in [-0.1, -0.05) is 11.8 Å². The SMILES string of the molecule is COc1ccc(N=C2NC(=O)C(CC(=O)NCCCC(=O)O)S2)cc1. The van der Waals surface area contributed by atoms with Crippen molar-refractivity contribution in [2.24, 2.45) is 4.99 Å². The molecular weight excluding hydrogens is 346 g/mol. The van der Waals surface area contributed by atoms with Crippen molar-refractivity contribution in [1.29, 1.82) is 0 Å². The molecule has 1 aromatic carbocycles. The second-order valence-electron chi connectivity index (χ2n) is 5.26. The Balaban J connectivity index is 1.83. The van der Waals surface area contributed by atoms with E-state index in [1.165, 1.54) is 11.8 Å². The molecule has 2 rings (SSSR count). The van der Waals surface area contributed by atoms with Crippen LogP contribution < -0.4 is 15.4 Å². The van der Waals surface area contributed by atoms with Gasteiger partial charge in [-0.05, 0) is 30.7 Å². The standard InChI is InChI=1S/C16H19N3O5S/c1-24-11-6-4-10(5-7-11)18-16-19-15(23)12(25-16)9-13(20)17-8-2-3-14(21)22/h4-7,12H,2-3,8-9H2,1H3,(H,17,20)(H,21,22)(H,18,19,23). The zero-order valence-electron chi connectivity index (χ0n) is 13.7. The first-order chi connectivity index (χ1) is 12.0. The number of ether oxygens (including phenoxy) is 1. The number of carbonyl (C=O) groups excluding carboxylic acids is 2. The van der Waals surface area contributed by atoms with Crippen molar-refractivity contribution in [3.8, 4) is 5.75 Å². The van der Waals surface area contributed by atoms with Gasteiger partial charge in [0.1, 0.15) is 11.0 Å². The number of nitrogens with zero attached hydrogens (tertiary/aromatic N) is 1. The van der Waals surface area contributed by atoms with Gasteiger partial charge in [0.05, 0.1) is 12.8 Å². The summed E-state index contributed by atoms with van der Waals surface area (Å²) in [6, 6.07) is 7.06. The van der Waals surface area contributed by atoms with Crippen LogP contribution in [0.3, 0.4) is 0 Å². The molecule has 1 heterocycles. The van der Waals surface area contributed by atoms with E-state index < -0.39 is 11.2 Å². The maximum atomic E-state index is 11.9. The van der Waals surface area contributed by atoms with E-state index >= 15 is 0 Å². The molecule has 1 aliphatic rings. The van der Waals surface area contributed by atoms with Crippen molar-refractivity contribution in [3.05, 3.63) is 24.3 Å². The Morgan fingerprint density at radius 2 is 2.08 bits per heavy atom. The van der Waals surface area contributed by atoms with E-state index in [0.29, 0.717) is 23.0 Å². The number of rotatable bonds is 8. The van der Waals surface area contributed by atoms with Gasteiger partial charge in [0.2, 0.25) is 11.8 Å². The van der Waals surface area contributed by atoms with Crippen molar-refractivity contribution < 1.29 is 24.2 Å². The van der Waals surface area contributed by atoms with Crippen LogP contribution >= 0.6 is 11.8 Å². The molecule has 0 spiro atoms. The van der Waals surface area contributed by atoms with Crippen LogP contribution in [0.25, 0.3) is 0 Å². The van der Waals surface area contributed by atoms with Crippen molar-refractivity contribution in [2.45, 2.75) is 24.5 Å². The molecule has 1 aromatic rings. The zero-order valence-corrected chi connectivity index (χ0v) is 14.5. The molecule has 9 heteroatoms. The van der Waals surface area contributed by atoms with Crippen LogP contribution in [0.2, 0.25) is 0 Å². The molecule has 0 saturated carbocycles. The number of nitrogens with one attached hydrogen (secondary N) is 2. The van der Waals surface area contributed by atoms with E-state index in [2.05, 4.69) is 15.6 Å². The predicted molar refractivity (Wildman–Crippen MR) is 94.1 cm³/mol. The molecule has 0 aromatic heterocycles. The molecule has 1 unspecified atom stereocenters. The molecule has 1 aliphatic heterocycles. The Hall–Kier alpha value is -2.55. The highest BCUT2D eigenvalue weighted by Crippen LogP contribution is 2.26. The normalized spacial score (nSPS) is 18.0. The molecule has 134 valence electrons. The van der Waals surface area contributed by atoms with Gasteiger partial charge in [0.15, 0.2) is 5.17 Å². The third-order valence-corrected chi connectivity index (χ3v) is 4.42. The number of thioether (sulfide) groups is 1. The molecule has 3 N–H and O–H groups in total. The zero-order chi connectivity index (χ0) is 18.2. The van der Waals surface area contributed by atoms with Gasteiger partial charge < -0.3 is 20.5 Å². The summed E-state index contributed by atoms with van der Waals surface area (Å²) in [7, 11) is 1.57. The molecule has 1 saturated heterocycles.